The lowest BCUT2D eigenvalue weighted by molar-refractivity contribution is -0.156. The molecule has 0 aliphatic carbocycles. The van der Waals surface area contributed by atoms with Gasteiger partial charge in [-0.05, 0) is 37.1 Å². The summed E-state index contributed by atoms with van der Waals surface area (Å²) in [7, 11) is 0. The van der Waals surface area contributed by atoms with Gasteiger partial charge in [0, 0.05) is 0 Å². The zero-order valence-corrected chi connectivity index (χ0v) is 17.1. The number of hydrogen-bond acceptors (Lipinski definition) is 6. The summed E-state index contributed by atoms with van der Waals surface area (Å²) >= 11 is 0. The molecular formula is C21H26ClNO5. The molecule has 2 rings (SSSR count). The highest BCUT2D eigenvalue weighted by Crippen LogP contribution is 2.19. The summed E-state index contributed by atoms with van der Waals surface area (Å²) in [6.07, 6.45) is -0.201. The quantitative estimate of drug-likeness (QED) is 0.709. The number of ether oxygens (including phenoxy) is 2. The van der Waals surface area contributed by atoms with Crippen LogP contribution in [0.15, 0.2) is 42.5 Å². The average Bonchev–Trinajstić information content (AvgIpc) is 2.58. The van der Waals surface area contributed by atoms with Gasteiger partial charge in [0.25, 0.3) is 0 Å². The first-order valence-corrected chi connectivity index (χ1v) is 8.78. The van der Waals surface area contributed by atoms with Crippen LogP contribution in [0, 0.1) is 0 Å². The van der Waals surface area contributed by atoms with Gasteiger partial charge < -0.3 is 15.2 Å². The maximum absolute atomic E-state index is 12.1. The smallest absolute Gasteiger partial charge is 0.310 e. The normalized spacial score (nSPS) is 12.0. The molecule has 28 heavy (non-hydrogen) atoms. The van der Waals surface area contributed by atoms with E-state index in [0.717, 1.165) is 16.3 Å². The lowest BCUT2D eigenvalue weighted by Gasteiger charge is -2.20. The van der Waals surface area contributed by atoms with Gasteiger partial charge in [0.2, 0.25) is 0 Å². The molecular weight excluding hydrogens is 382 g/mol. The predicted octanol–water partition coefficient (Wildman–Crippen LogP) is 2.98. The number of Topliss-reactive ketones (excluding diaryl/α,β-unsaturated/α-hetero) is 1. The van der Waals surface area contributed by atoms with E-state index in [1.54, 1.807) is 20.8 Å². The number of esters is 2. The van der Waals surface area contributed by atoms with Crippen LogP contribution in [-0.2, 0) is 30.3 Å². The van der Waals surface area contributed by atoms with Crippen molar-refractivity contribution in [3.8, 4) is 0 Å². The Morgan fingerprint density at radius 1 is 1.00 bits per heavy atom. The van der Waals surface area contributed by atoms with Crippen LogP contribution < -0.4 is 5.73 Å². The molecule has 0 saturated heterocycles. The van der Waals surface area contributed by atoms with Gasteiger partial charge in [0.05, 0.1) is 18.9 Å². The summed E-state index contributed by atoms with van der Waals surface area (Å²) in [5, 5.41) is 1.99. The number of carbonyl (C=O) groups is 3. The van der Waals surface area contributed by atoms with Crippen molar-refractivity contribution < 1.29 is 23.9 Å². The zero-order valence-electron chi connectivity index (χ0n) is 16.3. The molecule has 0 spiro atoms. The van der Waals surface area contributed by atoms with Gasteiger partial charge in [-0.3, -0.25) is 14.4 Å². The number of benzene rings is 2. The van der Waals surface area contributed by atoms with Crippen LogP contribution in [0.5, 0.6) is 0 Å². The molecule has 1 unspecified atom stereocenters. The van der Waals surface area contributed by atoms with E-state index in [9.17, 15) is 14.4 Å². The van der Waals surface area contributed by atoms with Crippen LogP contribution in [0.4, 0.5) is 0 Å². The Morgan fingerprint density at radius 2 is 1.64 bits per heavy atom. The fourth-order valence-corrected chi connectivity index (χ4v) is 2.59. The maximum atomic E-state index is 12.1. The van der Waals surface area contributed by atoms with E-state index in [1.807, 2.05) is 42.5 Å². The van der Waals surface area contributed by atoms with Crippen molar-refractivity contribution in [1.82, 2.24) is 0 Å². The highest BCUT2D eigenvalue weighted by molar-refractivity contribution is 5.92. The molecule has 2 N–H and O–H groups in total. The number of fused-ring (bicyclic) bond motifs is 1. The van der Waals surface area contributed by atoms with E-state index < -0.39 is 36.0 Å². The first kappa shape index (κ1) is 23.6. The molecule has 152 valence electrons. The summed E-state index contributed by atoms with van der Waals surface area (Å²) in [5.74, 6) is -1.61. The van der Waals surface area contributed by atoms with Crippen molar-refractivity contribution in [2.75, 3.05) is 6.61 Å². The van der Waals surface area contributed by atoms with Crippen LogP contribution in [0.25, 0.3) is 10.8 Å². The van der Waals surface area contributed by atoms with Gasteiger partial charge in [0.15, 0.2) is 12.4 Å². The Balaban J connectivity index is 0.00000392. The molecule has 0 aromatic heterocycles. The summed E-state index contributed by atoms with van der Waals surface area (Å²) in [4.78, 5) is 35.8. The molecule has 0 saturated carbocycles. The van der Waals surface area contributed by atoms with Crippen LogP contribution in [-0.4, -0.2) is 36.0 Å². The van der Waals surface area contributed by atoms with E-state index >= 15 is 0 Å². The van der Waals surface area contributed by atoms with E-state index in [0.29, 0.717) is 0 Å². The van der Waals surface area contributed by atoms with Crippen molar-refractivity contribution in [3.05, 3.63) is 48.0 Å². The lowest BCUT2D eigenvalue weighted by atomic mass is 10.0. The van der Waals surface area contributed by atoms with E-state index in [1.165, 1.54) is 0 Å². The van der Waals surface area contributed by atoms with Crippen molar-refractivity contribution in [2.45, 2.75) is 45.3 Å². The van der Waals surface area contributed by atoms with Gasteiger partial charge in [0.1, 0.15) is 5.60 Å². The number of carbonyl (C=O) groups excluding carboxylic acids is 3. The Hall–Kier alpha value is -2.44. The SMILES string of the molecule is CC(C)(C)OC(=O)CC(N)C(=O)COC(=O)Cc1cccc2ccccc12.Cl. The van der Waals surface area contributed by atoms with Crippen molar-refractivity contribution in [3.63, 3.8) is 0 Å². The Kier molecular flexibility index (Phi) is 8.60. The van der Waals surface area contributed by atoms with Gasteiger partial charge in [-0.2, -0.15) is 0 Å². The van der Waals surface area contributed by atoms with Crippen molar-refractivity contribution >= 4 is 40.9 Å². The van der Waals surface area contributed by atoms with Crippen LogP contribution in [0.2, 0.25) is 0 Å². The van der Waals surface area contributed by atoms with Crippen LogP contribution >= 0.6 is 12.4 Å². The Labute approximate surface area is 170 Å². The molecule has 0 fully saturated rings. The van der Waals surface area contributed by atoms with Gasteiger partial charge in [-0.1, -0.05) is 42.5 Å². The molecule has 0 radical (unpaired) electrons. The number of nitrogens with two attached hydrogens (primary N) is 1. The first-order valence-electron chi connectivity index (χ1n) is 8.78. The predicted molar refractivity (Wildman–Crippen MR) is 109 cm³/mol. The number of rotatable bonds is 7. The lowest BCUT2D eigenvalue weighted by Crippen LogP contribution is -2.38. The standard InChI is InChI=1S/C21H25NO5.ClH/c1-21(2,3)27-20(25)12-17(22)18(23)13-26-19(24)11-15-9-6-8-14-7-4-5-10-16(14)15;/h4-10,17H,11-13,22H2,1-3H3;1H. The minimum Gasteiger partial charge on any atom is -0.460 e. The van der Waals surface area contributed by atoms with Crippen molar-refractivity contribution in [2.24, 2.45) is 5.73 Å². The molecule has 2 aromatic carbocycles. The molecule has 7 heteroatoms. The Bertz CT molecular complexity index is 839. The third-order valence-electron chi connectivity index (χ3n) is 3.81. The summed E-state index contributed by atoms with van der Waals surface area (Å²) < 4.78 is 10.2. The minimum atomic E-state index is -1.06. The maximum Gasteiger partial charge on any atom is 0.310 e. The van der Waals surface area contributed by atoms with E-state index in [2.05, 4.69) is 0 Å². The second-order valence-corrected chi connectivity index (χ2v) is 7.34. The fourth-order valence-electron chi connectivity index (χ4n) is 2.59. The highest BCUT2D eigenvalue weighted by Gasteiger charge is 2.23. The van der Waals surface area contributed by atoms with E-state index in [-0.39, 0.29) is 25.2 Å². The molecule has 0 amide bonds. The highest BCUT2D eigenvalue weighted by atomic mass is 35.5. The molecule has 1 atom stereocenters. The second kappa shape index (κ2) is 10.2. The van der Waals surface area contributed by atoms with Gasteiger partial charge in [-0.25, -0.2) is 0 Å². The topological polar surface area (TPSA) is 95.7 Å². The zero-order chi connectivity index (χ0) is 20.0. The average molecular weight is 408 g/mol. The molecule has 0 aliphatic heterocycles. The molecule has 2 aromatic rings. The second-order valence-electron chi connectivity index (χ2n) is 7.34. The summed E-state index contributed by atoms with van der Waals surface area (Å²) in [6, 6.07) is 12.3. The number of halogens is 1. The van der Waals surface area contributed by atoms with Crippen LogP contribution in [0.3, 0.4) is 0 Å². The van der Waals surface area contributed by atoms with Gasteiger partial charge >= 0.3 is 11.9 Å². The van der Waals surface area contributed by atoms with Crippen molar-refractivity contribution in [1.29, 1.82) is 0 Å². The van der Waals surface area contributed by atoms with Gasteiger partial charge in [-0.15, -0.1) is 12.4 Å². The largest absolute Gasteiger partial charge is 0.460 e. The fraction of sp³-hybridized carbons (Fsp3) is 0.381. The Morgan fingerprint density at radius 3 is 2.32 bits per heavy atom. The summed E-state index contributed by atoms with van der Waals surface area (Å²) in [5.41, 5.74) is 5.88. The van der Waals surface area contributed by atoms with E-state index in [4.69, 9.17) is 15.2 Å². The monoisotopic (exact) mass is 407 g/mol. The number of hydrogen-bond donors (Lipinski definition) is 1. The van der Waals surface area contributed by atoms with Crippen LogP contribution in [0.1, 0.15) is 32.8 Å². The molecule has 0 bridgehead atoms. The number of ketones is 1. The molecule has 0 heterocycles. The third-order valence-corrected chi connectivity index (χ3v) is 3.81. The first-order chi connectivity index (χ1) is 12.7. The minimum absolute atomic E-state index is 0. The summed E-state index contributed by atoms with van der Waals surface area (Å²) in [6.45, 7) is 4.72. The molecule has 6 nitrogen and oxygen atoms in total. The molecule has 0 aliphatic rings. The third kappa shape index (κ3) is 7.29.